The Morgan fingerprint density at radius 1 is 1.19 bits per heavy atom. The van der Waals surface area contributed by atoms with Crippen molar-refractivity contribution in [2.75, 3.05) is 11.5 Å². The van der Waals surface area contributed by atoms with Gasteiger partial charge in [-0.1, -0.05) is 12.1 Å². The van der Waals surface area contributed by atoms with Gasteiger partial charge in [0.1, 0.15) is 5.82 Å². The fourth-order valence-electron chi connectivity index (χ4n) is 2.78. The number of benzene rings is 1. The first kappa shape index (κ1) is 14.5. The van der Waals surface area contributed by atoms with Crippen LogP contribution in [-0.4, -0.2) is 36.8 Å². The molecule has 0 N–H and O–H groups in total. The first-order valence-electron chi connectivity index (χ1n) is 7.20. The second kappa shape index (κ2) is 5.40. The third-order valence-corrected chi connectivity index (χ3v) is 5.89. The number of sulfone groups is 1. The maximum atomic E-state index is 12.9. The number of carbonyl (C=O) groups excluding carboxylic acids is 1. The van der Waals surface area contributed by atoms with E-state index in [0.717, 1.165) is 18.4 Å². The van der Waals surface area contributed by atoms with Crippen LogP contribution in [0, 0.1) is 11.7 Å². The van der Waals surface area contributed by atoms with Crippen molar-refractivity contribution in [3.05, 3.63) is 35.6 Å². The Bertz CT molecular complexity index is 637. The molecule has 0 aromatic heterocycles. The van der Waals surface area contributed by atoms with Gasteiger partial charge in [-0.15, -0.1) is 0 Å². The maximum Gasteiger partial charge on any atom is 0.227 e. The average Bonchev–Trinajstić information content (AvgIpc) is 3.21. The third kappa shape index (κ3) is 3.43. The quantitative estimate of drug-likeness (QED) is 0.851. The first-order valence-corrected chi connectivity index (χ1v) is 9.02. The molecule has 0 radical (unpaired) electrons. The molecule has 1 aliphatic carbocycles. The van der Waals surface area contributed by atoms with Gasteiger partial charge in [0.05, 0.1) is 17.4 Å². The molecule has 1 saturated heterocycles. The number of hydrogen-bond donors (Lipinski definition) is 0. The normalized spacial score (nSPS) is 24.0. The summed E-state index contributed by atoms with van der Waals surface area (Å²) in [6.45, 7) is 0.431. The summed E-state index contributed by atoms with van der Waals surface area (Å²) in [6.07, 6.45) is 2.35. The zero-order valence-electron chi connectivity index (χ0n) is 11.7. The van der Waals surface area contributed by atoms with Crippen LogP contribution in [0.25, 0.3) is 0 Å². The molecule has 2 aliphatic rings. The lowest BCUT2D eigenvalue weighted by atomic mass is 10.1. The van der Waals surface area contributed by atoms with E-state index in [-0.39, 0.29) is 29.3 Å². The average molecular weight is 311 g/mol. The van der Waals surface area contributed by atoms with Crippen LogP contribution in [-0.2, 0) is 21.2 Å². The molecule has 2 fully saturated rings. The van der Waals surface area contributed by atoms with Gasteiger partial charge in [-0.3, -0.25) is 4.79 Å². The minimum absolute atomic E-state index is 0.0293. The van der Waals surface area contributed by atoms with Gasteiger partial charge in [-0.25, -0.2) is 12.8 Å². The smallest absolute Gasteiger partial charge is 0.227 e. The molecule has 1 amide bonds. The van der Waals surface area contributed by atoms with Crippen LogP contribution in [0.2, 0.25) is 0 Å². The monoisotopic (exact) mass is 311 g/mol. The number of halogens is 1. The van der Waals surface area contributed by atoms with Crippen molar-refractivity contribution in [3.8, 4) is 0 Å². The molecule has 1 aliphatic heterocycles. The SMILES string of the molecule is O=C(C1CCS(=O)(=O)C1)N(Cc1ccc(F)cc1)C1CC1. The number of amides is 1. The van der Waals surface area contributed by atoms with Crippen LogP contribution < -0.4 is 0 Å². The maximum absolute atomic E-state index is 12.9. The number of hydrogen-bond acceptors (Lipinski definition) is 3. The van der Waals surface area contributed by atoms with Crippen molar-refractivity contribution in [2.24, 2.45) is 5.92 Å². The minimum atomic E-state index is -3.05. The molecule has 1 unspecified atom stereocenters. The Balaban J connectivity index is 1.72. The molecule has 0 bridgehead atoms. The second-order valence-electron chi connectivity index (χ2n) is 5.92. The van der Waals surface area contributed by atoms with Gasteiger partial charge in [-0.05, 0) is 37.0 Å². The van der Waals surface area contributed by atoms with Crippen molar-refractivity contribution in [3.63, 3.8) is 0 Å². The summed E-state index contributed by atoms with van der Waals surface area (Å²) in [6, 6.07) is 6.31. The van der Waals surface area contributed by atoms with E-state index in [2.05, 4.69) is 0 Å². The number of rotatable bonds is 4. The van der Waals surface area contributed by atoms with E-state index in [0.29, 0.717) is 13.0 Å². The summed E-state index contributed by atoms with van der Waals surface area (Å²) < 4.78 is 36.0. The summed E-state index contributed by atoms with van der Waals surface area (Å²) in [5.74, 6) is -0.694. The molecular formula is C15H18FNO3S. The lowest BCUT2D eigenvalue weighted by molar-refractivity contribution is -0.136. The zero-order valence-corrected chi connectivity index (χ0v) is 12.5. The second-order valence-corrected chi connectivity index (χ2v) is 8.15. The Kier molecular flexibility index (Phi) is 3.73. The van der Waals surface area contributed by atoms with Crippen molar-refractivity contribution in [2.45, 2.75) is 31.8 Å². The van der Waals surface area contributed by atoms with Crippen LogP contribution in [0.15, 0.2) is 24.3 Å². The van der Waals surface area contributed by atoms with Crippen molar-refractivity contribution in [1.29, 1.82) is 0 Å². The number of nitrogens with zero attached hydrogens (tertiary/aromatic N) is 1. The van der Waals surface area contributed by atoms with Gasteiger partial charge in [0.25, 0.3) is 0 Å². The predicted molar refractivity (Wildman–Crippen MR) is 76.7 cm³/mol. The van der Waals surface area contributed by atoms with Gasteiger partial charge in [0.2, 0.25) is 5.91 Å². The van der Waals surface area contributed by atoms with E-state index in [1.807, 2.05) is 0 Å². The summed E-state index contributed by atoms with van der Waals surface area (Å²) in [5.41, 5.74) is 0.873. The Labute approximate surface area is 123 Å². The molecule has 1 heterocycles. The predicted octanol–water partition coefficient (Wildman–Crippen LogP) is 1.75. The van der Waals surface area contributed by atoms with E-state index >= 15 is 0 Å². The summed E-state index contributed by atoms with van der Waals surface area (Å²) >= 11 is 0. The van der Waals surface area contributed by atoms with Crippen molar-refractivity contribution < 1.29 is 17.6 Å². The van der Waals surface area contributed by atoms with Crippen molar-refractivity contribution in [1.82, 2.24) is 4.90 Å². The Morgan fingerprint density at radius 3 is 2.38 bits per heavy atom. The highest BCUT2D eigenvalue weighted by Crippen LogP contribution is 2.32. The molecule has 1 atom stereocenters. The van der Waals surface area contributed by atoms with Crippen LogP contribution >= 0.6 is 0 Å². The molecular weight excluding hydrogens is 293 g/mol. The Hall–Kier alpha value is -1.43. The zero-order chi connectivity index (χ0) is 15.0. The van der Waals surface area contributed by atoms with Crippen LogP contribution in [0.1, 0.15) is 24.8 Å². The van der Waals surface area contributed by atoms with E-state index in [1.165, 1.54) is 12.1 Å². The summed E-state index contributed by atoms with van der Waals surface area (Å²) in [5, 5.41) is 0. The highest BCUT2D eigenvalue weighted by molar-refractivity contribution is 7.91. The van der Waals surface area contributed by atoms with Crippen LogP contribution in [0.4, 0.5) is 4.39 Å². The molecule has 6 heteroatoms. The lowest BCUT2D eigenvalue weighted by Crippen LogP contribution is -2.37. The highest BCUT2D eigenvalue weighted by Gasteiger charge is 2.40. The topological polar surface area (TPSA) is 54.5 Å². The van der Waals surface area contributed by atoms with Gasteiger partial charge in [0.15, 0.2) is 9.84 Å². The third-order valence-electron chi connectivity index (χ3n) is 4.12. The fourth-order valence-corrected chi connectivity index (χ4v) is 4.52. The van der Waals surface area contributed by atoms with Crippen LogP contribution in [0.5, 0.6) is 0 Å². The molecule has 1 aromatic rings. The molecule has 1 aromatic carbocycles. The first-order chi connectivity index (χ1) is 9.94. The Morgan fingerprint density at radius 2 is 1.86 bits per heavy atom. The van der Waals surface area contributed by atoms with E-state index in [4.69, 9.17) is 0 Å². The molecule has 4 nitrogen and oxygen atoms in total. The van der Waals surface area contributed by atoms with Gasteiger partial charge < -0.3 is 4.90 Å². The van der Waals surface area contributed by atoms with Crippen LogP contribution in [0.3, 0.4) is 0 Å². The largest absolute Gasteiger partial charge is 0.335 e. The minimum Gasteiger partial charge on any atom is -0.335 e. The lowest BCUT2D eigenvalue weighted by Gasteiger charge is -2.25. The highest BCUT2D eigenvalue weighted by atomic mass is 32.2. The molecule has 1 saturated carbocycles. The molecule has 21 heavy (non-hydrogen) atoms. The van der Waals surface area contributed by atoms with Crippen molar-refractivity contribution >= 4 is 15.7 Å². The summed E-state index contributed by atoms with van der Waals surface area (Å²) in [4.78, 5) is 14.3. The van der Waals surface area contributed by atoms with Gasteiger partial charge in [-0.2, -0.15) is 0 Å². The van der Waals surface area contributed by atoms with E-state index < -0.39 is 15.8 Å². The standard InChI is InChI=1S/C15H18FNO3S/c16-13-3-1-11(2-4-13)9-17(14-5-6-14)15(18)12-7-8-21(19,20)10-12/h1-4,12,14H,5-10H2. The fraction of sp³-hybridized carbons (Fsp3) is 0.533. The van der Waals surface area contributed by atoms with Gasteiger partial charge in [0, 0.05) is 12.6 Å². The van der Waals surface area contributed by atoms with E-state index in [1.54, 1.807) is 17.0 Å². The number of carbonyl (C=O) groups is 1. The summed E-state index contributed by atoms with van der Waals surface area (Å²) in [7, 11) is -3.05. The van der Waals surface area contributed by atoms with E-state index in [9.17, 15) is 17.6 Å². The molecule has 114 valence electrons. The van der Waals surface area contributed by atoms with Gasteiger partial charge >= 0.3 is 0 Å². The molecule has 3 rings (SSSR count). The molecule has 0 spiro atoms.